The summed E-state index contributed by atoms with van der Waals surface area (Å²) < 4.78 is 13.7. The van der Waals surface area contributed by atoms with Crippen LogP contribution in [0.15, 0.2) is 18.2 Å². The summed E-state index contributed by atoms with van der Waals surface area (Å²) in [5, 5.41) is 10.4. The van der Waals surface area contributed by atoms with Gasteiger partial charge in [0.2, 0.25) is 5.91 Å². The minimum absolute atomic E-state index is 0.164. The van der Waals surface area contributed by atoms with Crippen molar-refractivity contribution >= 4 is 5.91 Å². The molecule has 1 heterocycles. The summed E-state index contributed by atoms with van der Waals surface area (Å²) in [6, 6.07) is 4.54. The van der Waals surface area contributed by atoms with Crippen LogP contribution >= 0.6 is 0 Å². The highest BCUT2D eigenvalue weighted by Gasteiger charge is 2.44. The van der Waals surface area contributed by atoms with Gasteiger partial charge >= 0.3 is 0 Å². The highest BCUT2D eigenvalue weighted by molar-refractivity contribution is 5.79. The normalized spacial score (nSPS) is 25.2. The Balaban J connectivity index is 2.51. The van der Waals surface area contributed by atoms with E-state index in [-0.39, 0.29) is 24.3 Å². The molecule has 0 radical (unpaired) electrons. The molecule has 1 atom stereocenters. The molecule has 0 spiro atoms. The zero-order valence-corrected chi connectivity index (χ0v) is 9.33. The van der Waals surface area contributed by atoms with Crippen molar-refractivity contribution in [1.29, 1.82) is 0 Å². The van der Waals surface area contributed by atoms with Crippen molar-refractivity contribution in [3.63, 3.8) is 0 Å². The number of benzene rings is 1. The second kappa shape index (κ2) is 3.56. The standard InChI is InChI=1S/C12H14FNO2/c1-8-3-4-10(13)9(7-8)12(16)6-5-11(15)14(12)2/h3-4,7,16H,5-6H2,1-2H3. The van der Waals surface area contributed by atoms with Crippen LogP contribution in [0.5, 0.6) is 0 Å². The van der Waals surface area contributed by atoms with Crippen molar-refractivity contribution in [1.82, 2.24) is 4.90 Å². The second-order valence-electron chi connectivity index (χ2n) is 4.25. The number of aryl methyl sites for hydroxylation is 1. The van der Waals surface area contributed by atoms with Gasteiger partial charge in [0.15, 0.2) is 5.72 Å². The molecule has 2 rings (SSSR count). The topological polar surface area (TPSA) is 40.5 Å². The molecule has 4 heteroatoms. The first kappa shape index (κ1) is 11.1. The molecule has 1 unspecified atom stereocenters. The summed E-state index contributed by atoms with van der Waals surface area (Å²) in [4.78, 5) is 12.6. The smallest absolute Gasteiger partial charge is 0.225 e. The van der Waals surface area contributed by atoms with Gasteiger partial charge in [0.1, 0.15) is 5.82 Å². The molecule has 16 heavy (non-hydrogen) atoms. The Morgan fingerprint density at radius 1 is 1.50 bits per heavy atom. The predicted octanol–water partition coefficient (Wildman–Crippen LogP) is 1.53. The Morgan fingerprint density at radius 2 is 2.19 bits per heavy atom. The molecule has 0 bridgehead atoms. The largest absolute Gasteiger partial charge is 0.367 e. The maximum atomic E-state index is 13.7. The number of rotatable bonds is 1. The van der Waals surface area contributed by atoms with Crippen LogP contribution in [-0.2, 0) is 10.5 Å². The van der Waals surface area contributed by atoms with Crippen LogP contribution in [0, 0.1) is 12.7 Å². The third-order valence-corrected chi connectivity index (χ3v) is 3.17. The fraction of sp³-hybridized carbons (Fsp3) is 0.417. The zero-order valence-electron chi connectivity index (χ0n) is 9.33. The van der Waals surface area contributed by atoms with Gasteiger partial charge < -0.3 is 10.0 Å². The number of amides is 1. The lowest BCUT2D eigenvalue weighted by atomic mass is 9.98. The minimum atomic E-state index is -1.49. The lowest BCUT2D eigenvalue weighted by Crippen LogP contribution is -2.41. The van der Waals surface area contributed by atoms with Crippen molar-refractivity contribution in [3.8, 4) is 0 Å². The molecule has 1 aromatic carbocycles. The lowest BCUT2D eigenvalue weighted by molar-refractivity contribution is -0.143. The SMILES string of the molecule is Cc1ccc(F)c(C2(O)CCC(=O)N2C)c1. The van der Waals surface area contributed by atoms with Gasteiger partial charge in [-0.05, 0) is 19.1 Å². The van der Waals surface area contributed by atoms with Gasteiger partial charge in [-0.2, -0.15) is 0 Å². The molecule has 1 N–H and O–H groups in total. The molecule has 0 aromatic heterocycles. The van der Waals surface area contributed by atoms with Gasteiger partial charge in [-0.25, -0.2) is 4.39 Å². The van der Waals surface area contributed by atoms with Gasteiger partial charge in [0, 0.05) is 25.5 Å². The number of hydrogen-bond acceptors (Lipinski definition) is 2. The van der Waals surface area contributed by atoms with Gasteiger partial charge in [-0.15, -0.1) is 0 Å². The second-order valence-corrected chi connectivity index (χ2v) is 4.25. The zero-order chi connectivity index (χ0) is 11.9. The van der Waals surface area contributed by atoms with Crippen molar-refractivity contribution in [2.75, 3.05) is 7.05 Å². The molecule has 1 saturated heterocycles. The Bertz CT molecular complexity index is 447. The van der Waals surface area contributed by atoms with Gasteiger partial charge in [-0.1, -0.05) is 11.6 Å². The maximum absolute atomic E-state index is 13.7. The highest BCUT2D eigenvalue weighted by Crippen LogP contribution is 2.37. The molecule has 1 aliphatic heterocycles. The van der Waals surface area contributed by atoms with E-state index in [2.05, 4.69) is 0 Å². The molecule has 1 fully saturated rings. The lowest BCUT2D eigenvalue weighted by Gasteiger charge is -2.31. The Morgan fingerprint density at radius 3 is 2.75 bits per heavy atom. The van der Waals surface area contributed by atoms with Crippen molar-refractivity contribution in [2.45, 2.75) is 25.5 Å². The quantitative estimate of drug-likeness (QED) is 0.784. The number of carbonyl (C=O) groups excluding carboxylic acids is 1. The van der Waals surface area contributed by atoms with Crippen LogP contribution in [0.4, 0.5) is 4.39 Å². The molecular formula is C12H14FNO2. The molecule has 86 valence electrons. The third-order valence-electron chi connectivity index (χ3n) is 3.17. The van der Waals surface area contributed by atoms with E-state index in [0.29, 0.717) is 0 Å². The van der Waals surface area contributed by atoms with Gasteiger partial charge in [-0.3, -0.25) is 4.79 Å². The average molecular weight is 223 g/mol. The summed E-state index contributed by atoms with van der Waals surface area (Å²) in [6.45, 7) is 1.82. The van der Waals surface area contributed by atoms with E-state index in [9.17, 15) is 14.3 Å². The highest BCUT2D eigenvalue weighted by atomic mass is 19.1. The monoisotopic (exact) mass is 223 g/mol. The molecule has 3 nitrogen and oxygen atoms in total. The van der Waals surface area contributed by atoms with Crippen LogP contribution in [0.25, 0.3) is 0 Å². The first-order chi connectivity index (χ1) is 7.45. The molecule has 1 aromatic rings. The van der Waals surface area contributed by atoms with Crippen LogP contribution in [0.2, 0.25) is 0 Å². The van der Waals surface area contributed by atoms with Crippen LogP contribution in [-0.4, -0.2) is 23.0 Å². The number of nitrogens with zero attached hydrogens (tertiary/aromatic N) is 1. The maximum Gasteiger partial charge on any atom is 0.225 e. The van der Waals surface area contributed by atoms with Crippen LogP contribution < -0.4 is 0 Å². The predicted molar refractivity (Wildman–Crippen MR) is 57.0 cm³/mol. The summed E-state index contributed by atoms with van der Waals surface area (Å²) in [7, 11) is 1.50. The van der Waals surface area contributed by atoms with Crippen LogP contribution in [0.1, 0.15) is 24.0 Å². The summed E-state index contributed by atoms with van der Waals surface area (Å²) >= 11 is 0. The number of halogens is 1. The van der Waals surface area contributed by atoms with Gasteiger partial charge in [0.25, 0.3) is 0 Å². The van der Waals surface area contributed by atoms with E-state index in [1.54, 1.807) is 12.1 Å². The Labute approximate surface area is 93.5 Å². The first-order valence-electron chi connectivity index (χ1n) is 5.21. The Kier molecular flexibility index (Phi) is 2.46. The minimum Gasteiger partial charge on any atom is -0.367 e. The molecule has 1 aliphatic rings. The van der Waals surface area contributed by atoms with Crippen molar-refractivity contribution < 1.29 is 14.3 Å². The third kappa shape index (κ3) is 1.50. The fourth-order valence-electron chi connectivity index (χ4n) is 2.08. The van der Waals surface area contributed by atoms with Crippen LogP contribution in [0.3, 0.4) is 0 Å². The van der Waals surface area contributed by atoms with E-state index in [1.165, 1.54) is 18.0 Å². The molecular weight excluding hydrogens is 209 g/mol. The van der Waals surface area contributed by atoms with Crippen molar-refractivity contribution in [2.24, 2.45) is 0 Å². The summed E-state index contributed by atoms with van der Waals surface area (Å²) in [5.41, 5.74) is -0.453. The summed E-state index contributed by atoms with van der Waals surface area (Å²) in [5.74, 6) is -0.641. The van der Waals surface area contributed by atoms with E-state index < -0.39 is 11.5 Å². The van der Waals surface area contributed by atoms with Crippen molar-refractivity contribution in [3.05, 3.63) is 35.1 Å². The molecule has 0 saturated carbocycles. The van der Waals surface area contributed by atoms with E-state index in [4.69, 9.17) is 0 Å². The fourth-order valence-corrected chi connectivity index (χ4v) is 2.08. The number of hydrogen-bond donors (Lipinski definition) is 1. The first-order valence-corrected chi connectivity index (χ1v) is 5.21. The average Bonchev–Trinajstić information content (AvgIpc) is 2.51. The molecule has 0 aliphatic carbocycles. The number of likely N-dealkylation sites (tertiary alicyclic amines) is 1. The number of carbonyl (C=O) groups is 1. The summed E-state index contributed by atoms with van der Waals surface area (Å²) in [6.07, 6.45) is 0.489. The van der Waals surface area contributed by atoms with Gasteiger partial charge in [0.05, 0.1) is 0 Å². The van der Waals surface area contributed by atoms with E-state index in [1.807, 2.05) is 6.92 Å². The van der Waals surface area contributed by atoms with E-state index in [0.717, 1.165) is 5.56 Å². The molecule has 1 amide bonds. The number of aliphatic hydroxyl groups is 1. The van der Waals surface area contributed by atoms with E-state index >= 15 is 0 Å². The Hall–Kier alpha value is -1.42.